The van der Waals surface area contributed by atoms with Crippen molar-refractivity contribution >= 4 is 11.7 Å². The number of anilines is 1. The predicted octanol–water partition coefficient (Wildman–Crippen LogP) is 4.48. The number of aromatic nitrogens is 5. The molecule has 0 radical (unpaired) electrons. The highest BCUT2D eigenvalue weighted by molar-refractivity contribution is 5.92. The first-order valence-corrected chi connectivity index (χ1v) is 11.6. The van der Waals surface area contributed by atoms with Gasteiger partial charge in [0.05, 0.1) is 12.4 Å². The molecule has 2 aliphatic rings. The van der Waals surface area contributed by atoms with Crippen LogP contribution in [0.25, 0.3) is 11.1 Å². The van der Waals surface area contributed by atoms with E-state index >= 15 is 0 Å². The smallest absolute Gasteiger partial charge is 0.228 e. The maximum Gasteiger partial charge on any atom is 0.228 e. The summed E-state index contributed by atoms with van der Waals surface area (Å²) in [4.78, 5) is 17.6. The average Bonchev–Trinajstić information content (AvgIpc) is 3.43. The third kappa shape index (κ3) is 3.96. The summed E-state index contributed by atoms with van der Waals surface area (Å²) in [6, 6.07) is 2.01. The maximum atomic E-state index is 13.1. The lowest BCUT2D eigenvalue weighted by Crippen LogP contribution is -2.27. The Morgan fingerprint density at radius 1 is 1.16 bits per heavy atom. The lowest BCUT2D eigenvalue weighted by atomic mass is 9.78. The number of carbonyl (C=O) groups excluding carboxylic acids is 1. The van der Waals surface area contributed by atoms with Crippen molar-refractivity contribution in [3.8, 4) is 11.1 Å². The van der Waals surface area contributed by atoms with Gasteiger partial charge in [-0.25, -0.2) is 4.98 Å². The Morgan fingerprint density at radius 3 is 2.78 bits per heavy atom. The Hall–Kier alpha value is -2.96. The van der Waals surface area contributed by atoms with E-state index in [2.05, 4.69) is 52.1 Å². The number of hydrogen-bond donors (Lipinski definition) is 1. The number of pyridine rings is 1. The molecule has 1 saturated carbocycles. The summed E-state index contributed by atoms with van der Waals surface area (Å²) in [6.45, 7) is 7.56. The Balaban J connectivity index is 1.33. The van der Waals surface area contributed by atoms with Gasteiger partial charge in [-0.1, -0.05) is 20.3 Å². The van der Waals surface area contributed by atoms with Gasteiger partial charge in [-0.05, 0) is 66.7 Å². The second-order valence-corrected chi connectivity index (χ2v) is 10.4. The molecular weight excluding hydrogens is 400 g/mol. The molecule has 4 heterocycles. The summed E-state index contributed by atoms with van der Waals surface area (Å²) < 4.78 is 3.96. The van der Waals surface area contributed by atoms with E-state index < -0.39 is 0 Å². The first-order valence-electron chi connectivity index (χ1n) is 11.6. The Kier molecular flexibility index (Phi) is 5.14. The number of hydrogen-bond acceptors (Lipinski definition) is 4. The van der Waals surface area contributed by atoms with E-state index in [1.165, 1.54) is 11.3 Å². The number of rotatable bonds is 4. The molecule has 3 aromatic heterocycles. The molecule has 3 aromatic rings. The van der Waals surface area contributed by atoms with Crippen molar-refractivity contribution in [1.29, 1.82) is 0 Å². The van der Waals surface area contributed by atoms with Gasteiger partial charge in [0.1, 0.15) is 5.82 Å². The van der Waals surface area contributed by atoms with Crippen LogP contribution >= 0.6 is 0 Å². The highest BCUT2D eigenvalue weighted by Gasteiger charge is 2.32. The van der Waals surface area contributed by atoms with Gasteiger partial charge in [0.25, 0.3) is 0 Å². The van der Waals surface area contributed by atoms with Crippen molar-refractivity contribution in [2.75, 3.05) is 5.32 Å². The van der Waals surface area contributed by atoms with Crippen LogP contribution in [0.4, 0.5) is 5.82 Å². The molecule has 0 bridgehead atoms. The molecule has 0 unspecified atom stereocenters. The molecule has 5 rings (SSSR count). The van der Waals surface area contributed by atoms with Crippen LogP contribution in [0.5, 0.6) is 0 Å². The predicted molar refractivity (Wildman–Crippen MR) is 124 cm³/mol. The quantitative estimate of drug-likeness (QED) is 0.659. The molecule has 168 valence electrons. The molecule has 0 aromatic carbocycles. The highest BCUT2D eigenvalue weighted by atomic mass is 16.1. The van der Waals surface area contributed by atoms with E-state index in [0.29, 0.717) is 11.7 Å². The molecule has 0 saturated heterocycles. The minimum absolute atomic E-state index is 0.00158. The molecule has 1 fully saturated rings. The monoisotopic (exact) mass is 432 g/mol. The van der Waals surface area contributed by atoms with E-state index in [1.54, 1.807) is 0 Å². The number of carbonyl (C=O) groups is 1. The molecule has 1 amide bonds. The van der Waals surface area contributed by atoms with Gasteiger partial charge in [0, 0.05) is 43.2 Å². The number of nitrogens with zero attached hydrogens (tertiary/aromatic N) is 5. The fourth-order valence-electron chi connectivity index (χ4n) is 5.37. The Bertz CT molecular complexity index is 1160. The van der Waals surface area contributed by atoms with Gasteiger partial charge in [-0.3, -0.25) is 14.2 Å². The zero-order chi connectivity index (χ0) is 22.5. The van der Waals surface area contributed by atoms with Crippen LogP contribution in [0.3, 0.4) is 0 Å². The van der Waals surface area contributed by atoms with Gasteiger partial charge in [-0.2, -0.15) is 10.2 Å². The Morgan fingerprint density at radius 2 is 2.00 bits per heavy atom. The number of aryl methyl sites for hydroxylation is 2. The van der Waals surface area contributed by atoms with Gasteiger partial charge in [0.2, 0.25) is 5.91 Å². The minimum Gasteiger partial charge on any atom is -0.310 e. The summed E-state index contributed by atoms with van der Waals surface area (Å²) in [6.07, 6.45) is 12.8. The topological polar surface area (TPSA) is 77.6 Å². The number of fused-ring (bicyclic) bond motifs is 1. The summed E-state index contributed by atoms with van der Waals surface area (Å²) in [5, 5.41) is 12.0. The van der Waals surface area contributed by atoms with E-state index in [-0.39, 0.29) is 17.2 Å². The normalized spacial score (nSPS) is 22.0. The van der Waals surface area contributed by atoms with Crippen LogP contribution in [-0.2, 0) is 24.8 Å². The van der Waals surface area contributed by atoms with Crippen LogP contribution in [-0.4, -0.2) is 30.5 Å². The summed E-state index contributed by atoms with van der Waals surface area (Å²) in [5.74, 6) is 1.09. The lowest BCUT2D eigenvalue weighted by Gasteiger charge is -2.27. The van der Waals surface area contributed by atoms with Crippen molar-refractivity contribution in [1.82, 2.24) is 24.5 Å². The second kappa shape index (κ2) is 7.87. The highest BCUT2D eigenvalue weighted by Crippen LogP contribution is 2.39. The first-order chi connectivity index (χ1) is 15.3. The van der Waals surface area contributed by atoms with Gasteiger partial charge >= 0.3 is 0 Å². The van der Waals surface area contributed by atoms with E-state index in [1.807, 2.05) is 36.4 Å². The van der Waals surface area contributed by atoms with Gasteiger partial charge < -0.3 is 5.32 Å². The molecule has 1 aliphatic heterocycles. The van der Waals surface area contributed by atoms with E-state index in [0.717, 1.165) is 55.3 Å². The molecule has 1 aliphatic carbocycles. The fraction of sp³-hybridized carbons (Fsp3) is 0.520. The standard InChI is InChI=1S/C25H32N6O/c1-16-11-26-23(9-20(16)21-13-28-31-15-25(2,3)10-22(21)31)29-24(32)18-7-5-6-17(8-18)19-12-27-30(4)14-19/h9,11-14,17-18H,5-8,10,15H2,1-4H3,(H,26,29,32)/t17-,18+/m1/s1. The first kappa shape index (κ1) is 20.9. The van der Waals surface area contributed by atoms with Crippen LogP contribution < -0.4 is 5.32 Å². The molecule has 2 atom stereocenters. The van der Waals surface area contributed by atoms with Crippen LogP contribution in [0.15, 0.2) is 30.9 Å². The van der Waals surface area contributed by atoms with E-state index in [4.69, 9.17) is 0 Å². The second-order valence-electron chi connectivity index (χ2n) is 10.4. The number of amides is 1. The van der Waals surface area contributed by atoms with Crippen molar-refractivity contribution in [2.24, 2.45) is 18.4 Å². The van der Waals surface area contributed by atoms with Crippen LogP contribution in [0.2, 0.25) is 0 Å². The van der Waals surface area contributed by atoms with Crippen molar-refractivity contribution in [3.63, 3.8) is 0 Å². The molecule has 7 nitrogen and oxygen atoms in total. The molecule has 7 heteroatoms. The summed E-state index contributed by atoms with van der Waals surface area (Å²) >= 11 is 0. The van der Waals surface area contributed by atoms with E-state index in [9.17, 15) is 4.79 Å². The van der Waals surface area contributed by atoms with Gasteiger partial charge in [-0.15, -0.1) is 0 Å². The summed E-state index contributed by atoms with van der Waals surface area (Å²) in [5.41, 5.74) is 6.08. The van der Waals surface area contributed by atoms with Crippen LogP contribution in [0.1, 0.15) is 62.3 Å². The third-order valence-electron chi connectivity index (χ3n) is 7.06. The maximum absolute atomic E-state index is 13.1. The van der Waals surface area contributed by atoms with Crippen molar-refractivity contribution in [2.45, 2.75) is 65.3 Å². The van der Waals surface area contributed by atoms with Crippen molar-refractivity contribution < 1.29 is 4.79 Å². The SMILES string of the molecule is Cc1cnc(NC(=O)[C@H]2CCC[C@@H](c3cnn(C)c3)C2)cc1-c1cnn2c1CC(C)(C)C2. The minimum atomic E-state index is 0.00158. The summed E-state index contributed by atoms with van der Waals surface area (Å²) in [7, 11) is 1.94. The van der Waals surface area contributed by atoms with Gasteiger partial charge in [0.15, 0.2) is 0 Å². The zero-order valence-corrected chi connectivity index (χ0v) is 19.4. The third-order valence-corrected chi connectivity index (χ3v) is 7.06. The van der Waals surface area contributed by atoms with Crippen molar-refractivity contribution in [3.05, 3.63) is 47.7 Å². The molecule has 32 heavy (non-hydrogen) atoms. The van der Waals surface area contributed by atoms with Crippen LogP contribution in [0, 0.1) is 18.3 Å². The lowest BCUT2D eigenvalue weighted by molar-refractivity contribution is -0.120. The Labute approximate surface area is 189 Å². The largest absolute Gasteiger partial charge is 0.310 e. The molecule has 1 N–H and O–H groups in total. The molecular formula is C25H32N6O. The average molecular weight is 433 g/mol. The fourth-order valence-corrected chi connectivity index (χ4v) is 5.37. The molecule has 0 spiro atoms. The zero-order valence-electron chi connectivity index (χ0n) is 19.4. The number of nitrogens with one attached hydrogen (secondary N) is 1.